The Labute approximate surface area is 87.2 Å². The standard InChI is InChI=1S/C10H14BrNO/c11-10-6-4-9(5-7-10)3-1-2-8-13-12/h4-7H,1-3,8,12H2. The molecule has 0 unspecified atom stereocenters. The van der Waals surface area contributed by atoms with E-state index in [4.69, 9.17) is 5.90 Å². The predicted octanol–water partition coefficient (Wildman–Crippen LogP) is 2.66. The molecule has 0 spiro atoms. The number of rotatable bonds is 5. The molecule has 0 radical (unpaired) electrons. The van der Waals surface area contributed by atoms with Crippen molar-refractivity contribution < 1.29 is 4.84 Å². The monoisotopic (exact) mass is 243 g/mol. The molecule has 72 valence electrons. The summed E-state index contributed by atoms with van der Waals surface area (Å²) in [5.74, 6) is 4.92. The van der Waals surface area contributed by atoms with Crippen LogP contribution in [0, 0.1) is 0 Å². The number of benzene rings is 1. The molecule has 2 N–H and O–H groups in total. The predicted molar refractivity (Wildman–Crippen MR) is 57.2 cm³/mol. The molecule has 1 aromatic rings. The first-order valence-electron chi connectivity index (χ1n) is 4.39. The summed E-state index contributed by atoms with van der Waals surface area (Å²) in [5.41, 5.74) is 1.36. The van der Waals surface area contributed by atoms with Gasteiger partial charge in [0.1, 0.15) is 0 Å². The Kier molecular flexibility index (Phi) is 5.05. The Balaban J connectivity index is 2.25. The second-order valence-corrected chi connectivity index (χ2v) is 3.87. The molecule has 0 saturated heterocycles. The van der Waals surface area contributed by atoms with Crippen molar-refractivity contribution in [3.63, 3.8) is 0 Å². The number of hydrogen-bond acceptors (Lipinski definition) is 2. The SMILES string of the molecule is NOCCCCc1ccc(Br)cc1. The highest BCUT2D eigenvalue weighted by Crippen LogP contribution is 2.12. The highest BCUT2D eigenvalue weighted by Gasteiger charge is 1.93. The second-order valence-electron chi connectivity index (χ2n) is 2.95. The molecule has 0 bridgehead atoms. The normalized spacial score (nSPS) is 10.3. The summed E-state index contributed by atoms with van der Waals surface area (Å²) in [7, 11) is 0. The number of hydrogen-bond donors (Lipinski definition) is 1. The van der Waals surface area contributed by atoms with Crippen LogP contribution >= 0.6 is 15.9 Å². The van der Waals surface area contributed by atoms with E-state index in [1.807, 2.05) is 0 Å². The lowest BCUT2D eigenvalue weighted by Crippen LogP contribution is -2.00. The van der Waals surface area contributed by atoms with E-state index in [-0.39, 0.29) is 0 Å². The Bertz CT molecular complexity index is 235. The van der Waals surface area contributed by atoms with Gasteiger partial charge in [0.2, 0.25) is 0 Å². The van der Waals surface area contributed by atoms with Crippen molar-refractivity contribution in [3.8, 4) is 0 Å². The molecule has 1 rings (SSSR count). The first-order valence-corrected chi connectivity index (χ1v) is 5.18. The maximum Gasteiger partial charge on any atom is 0.0679 e. The zero-order valence-corrected chi connectivity index (χ0v) is 9.09. The maximum absolute atomic E-state index is 4.92. The number of unbranched alkanes of at least 4 members (excludes halogenated alkanes) is 1. The largest absolute Gasteiger partial charge is 0.305 e. The first kappa shape index (κ1) is 10.7. The third-order valence-electron chi connectivity index (χ3n) is 1.89. The van der Waals surface area contributed by atoms with E-state index in [2.05, 4.69) is 45.0 Å². The molecule has 1 aromatic carbocycles. The minimum absolute atomic E-state index is 0.649. The van der Waals surface area contributed by atoms with Gasteiger partial charge in [0.25, 0.3) is 0 Å². The van der Waals surface area contributed by atoms with Crippen molar-refractivity contribution in [1.29, 1.82) is 0 Å². The summed E-state index contributed by atoms with van der Waals surface area (Å²) < 4.78 is 1.13. The van der Waals surface area contributed by atoms with Crippen LogP contribution in [0.2, 0.25) is 0 Å². The fourth-order valence-electron chi connectivity index (χ4n) is 1.17. The van der Waals surface area contributed by atoms with Crippen LogP contribution in [-0.2, 0) is 11.3 Å². The lowest BCUT2D eigenvalue weighted by Gasteiger charge is -2.00. The summed E-state index contributed by atoms with van der Waals surface area (Å²) in [6.45, 7) is 0.649. The lowest BCUT2D eigenvalue weighted by molar-refractivity contribution is 0.134. The van der Waals surface area contributed by atoms with E-state index in [0.717, 1.165) is 23.7 Å². The molecule has 13 heavy (non-hydrogen) atoms. The molecule has 0 heterocycles. The van der Waals surface area contributed by atoms with Gasteiger partial charge in [-0.15, -0.1) is 0 Å². The highest BCUT2D eigenvalue weighted by atomic mass is 79.9. The van der Waals surface area contributed by atoms with Gasteiger partial charge in [-0.3, -0.25) is 0 Å². The van der Waals surface area contributed by atoms with Gasteiger partial charge in [-0.25, -0.2) is 5.90 Å². The van der Waals surface area contributed by atoms with Crippen LogP contribution in [0.15, 0.2) is 28.7 Å². The molecule has 0 atom stereocenters. The lowest BCUT2D eigenvalue weighted by atomic mass is 10.1. The molecule has 0 fully saturated rings. The first-order chi connectivity index (χ1) is 6.33. The Hall–Kier alpha value is -0.380. The summed E-state index contributed by atoms with van der Waals surface area (Å²) in [5, 5.41) is 0. The van der Waals surface area contributed by atoms with E-state index in [9.17, 15) is 0 Å². The minimum atomic E-state index is 0.649. The van der Waals surface area contributed by atoms with Gasteiger partial charge in [0.05, 0.1) is 6.61 Å². The van der Waals surface area contributed by atoms with E-state index in [0.29, 0.717) is 6.61 Å². The van der Waals surface area contributed by atoms with Crippen molar-refractivity contribution in [2.24, 2.45) is 5.90 Å². The zero-order valence-electron chi connectivity index (χ0n) is 7.50. The third kappa shape index (κ3) is 4.41. The molecule has 0 aromatic heterocycles. The third-order valence-corrected chi connectivity index (χ3v) is 2.42. The van der Waals surface area contributed by atoms with Crippen molar-refractivity contribution in [1.82, 2.24) is 0 Å². The summed E-state index contributed by atoms with van der Waals surface area (Å²) in [6.07, 6.45) is 3.24. The molecule has 0 amide bonds. The molecule has 0 aliphatic rings. The smallest absolute Gasteiger partial charge is 0.0679 e. The minimum Gasteiger partial charge on any atom is -0.305 e. The molecule has 0 aliphatic heterocycles. The van der Waals surface area contributed by atoms with Crippen LogP contribution in [0.1, 0.15) is 18.4 Å². The van der Waals surface area contributed by atoms with Crippen molar-refractivity contribution in [2.75, 3.05) is 6.61 Å². The van der Waals surface area contributed by atoms with Gasteiger partial charge in [0.15, 0.2) is 0 Å². The van der Waals surface area contributed by atoms with E-state index in [1.165, 1.54) is 5.56 Å². The van der Waals surface area contributed by atoms with Crippen LogP contribution in [0.4, 0.5) is 0 Å². The van der Waals surface area contributed by atoms with Gasteiger partial charge in [-0.2, -0.15) is 0 Å². The van der Waals surface area contributed by atoms with Crippen LogP contribution in [0.5, 0.6) is 0 Å². The summed E-state index contributed by atoms with van der Waals surface area (Å²) in [6, 6.07) is 8.39. The molecule has 0 saturated carbocycles. The van der Waals surface area contributed by atoms with Crippen molar-refractivity contribution in [3.05, 3.63) is 34.3 Å². The Morgan fingerprint density at radius 2 is 1.85 bits per heavy atom. The maximum atomic E-state index is 4.92. The van der Waals surface area contributed by atoms with Gasteiger partial charge in [-0.1, -0.05) is 28.1 Å². The second kappa shape index (κ2) is 6.13. The van der Waals surface area contributed by atoms with E-state index >= 15 is 0 Å². The highest BCUT2D eigenvalue weighted by molar-refractivity contribution is 9.10. The average Bonchev–Trinajstić information content (AvgIpc) is 2.15. The Morgan fingerprint density at radius 1 is 1.15 bits per heavy atom. The fourth-order valence-corrected chi connectivity index (χ4v) is 1.43. The van der Waals surface area contributed by atoms with Gasteiger partial charge in [0, 0.05) is 4.47 Å². The van der Waals surface area contributed by atoms with Crippen LogP contribution in [-0.4, -0.2) is 6.61 Å². The summed E-state index contributed by atoms with van der Waals surface area (Å²) >= 11 is 3.40. The van der Waals surface area contributed by atoms with Crippen LogP contribution in [0.25, 0.3) is 0 Å². The fraction of sp³-hybridized carbons (Fsp3) is 0.400. The van der Waals surface area contributed by atoms with Crippen molar-refractivity contribution in [2.45, 2.75) is 19.3 Å². The van der Waals surface area contributed by atoms with Crippen LogP contribution in [0.3, 0.4) is 0 Å². The molecule has 2 nitrogen and oxygen atoms in total. The number of aryl methyl sites for hydroxylation is 1. The van der Waals surface area contributed by atoms with Gasteiger partial charge in [-0.05, 0) is 37.0 Å². The molecule has 3 heteroatoms. The summed E-state index contributed by atoms with van der Waals surface area (Å²) in [4.78, 5) is 4.49. The average molecular weight is 244 g/mol. The van der Waals surface area contributed by atoms with Gasteiger partial charge >= 0.3 is 0 Å². The molecule has 0 aliphatic carbocycles. The van der Waals surface area contributed by atoms with Crippen molar-refractivity contribution >= 4 is 15.9 Å². The van der Waals surface area contributed by atoms with E-state index in [1.54, 1.807) is 0 Å². The Morgan fingerprint density at radius 3 is 2.46 bits per heavy atom. The topological polar surface area (TPSA) is 35.2 Å². The molecular weight excluding hydrogens is 230 g/mol. The number of halogens is 1. The zero-order chi connectivity index (χ0) is 9.52. The quantitative estimate of drug-likeness (QED) is 0.638. The van der Waals surface area contributed by atoms with E-state index < -0.39 is 0 Å². The molecular formula is C10H14BrNO. The number of nitrogens with two attached hydrogens (primary N) is 1. The van der Waals surface area contributed by atoms with Gasteiger partial charge < -0.3 is 4.84 Å². The van der Waals surface area contributed by atoms with Crippen LogP contribution < -0.4 is 5.90 Å².